The maximum atomic E-state index is 12.7. The van der Waals surface area contributed by atoms with Crippen LogP contribution in [0, 0.1) is 0 Å². The van der Waals surface area contributed by atoms with E-state index in [4.69, 9.17) is 4.74 Å². The highest BCUT2D eigenvalue weighted by Crippen LogP contribution is 2.30. The standard InChI is InChI=1S/C19H19F2N3O4/c1-27-16-8-3-2-7-15(16)24-10-9-23(19(24)26)12-17(25)22-13-5-4-6-14(11-13)28-18(20)21/h2-8,11,18H,9-10,12H2,1H3,(H,22,25). The molecule has 1 aliphatic heterocycles. The summed E-state index contributed by atoms with van der Waals surface area (Å²) in [5.74, 6) is 0.0646. The first-order chi connectivity index (χ1) is 13.5. The molecule has 0 aliphatic carbocycles. The molecule has 1 fully saturated rings. The Bertz CT molecular complexity index is 863. The third kappa shape index (κ3) is 4.48. The molecule has 1 heterocycles. The fourth-order valence-electron chi connectivity index (χ4n) is 2.93. The van der Waals surface area contributed by atoms with Crippen molar-refractivity contribution in [2.45, 2.75) is 6.61 Å². The third-order valence-electron chi connectivity index (χ3n) is 4.15. The lowest BCUT2D eigenvalue weighted by Gasteiger charge is -2.20. The average Bonchev–Trinajstić information content (AvgIpc) is 3.01. The van der Waals surface area contributed by atoms with Crippen LogP contribution >= 0.6 is 0 Å². The number of benzene rings is 2. The lowest BCUT2D eigenvalue weighted by atomic mass is 10.2. The number of rotatable bonds is 7. The van der Waals surface area contributed by atoms with Gasteiger partial charge < -0.3 is 19.7 Å². The molecule has 3 rings (SSSR count). The molecule has 148 valence electrons. The number of carbonyl (C=O) groups excluding carboxylic acids is 2. The van der Waals surface area contributed by atoms with Crippen LogP contribution < -0.4 is 19.7 Å². The molecule has 2 aromatic carbocycles. The summed E-state index contributed by atoms with van der Waals surface area (Å²) in [6, 6.07) is 12.5. The SMILES string of the molecule is COc1ccccc1N1CCN(CC(=O)Nc2cccc(OC(F)F)c2)C1=O. The number of anilines is 2. The van der Waals surface area contributed by atoms with E-state index in [0.717, 1.165) is 0 Å². The van der Waals surface area contributed by atoms with Crippen LogP contribution in [-0.4, -0.2) is 50.2 Å². The van der Waals surface area contributed by atoms with E-state index in [-0.39, 0.29) is 18.3 Å². The van der Waals surface area contributed by atoms with E-state index < -0.39 is 12.5 Å². The van der Waals surface area contributed by atoms with Gasteiger partial charge >= 0.3 is 12.6 Å². The van der Waals surface area contributed by atoms with Gasteiger partial charge in [0, 0.05) is 24.8 Å². The van der Waals surface area contributed by atoms with Gasteiger partial charge in [-0.3, -0.25) is 9.69 Å². The molecule has 0 atom stereocenters. The van der Waals surface area contributed by atoms with Crippen molar-refractivity contribution in [2.24, 2.45) is 0 Å². The fourth-order valence-corrected chi connectivity index (χ4v) is 2.93. The number of hydrogen-bond donors (Lipinski definition) is 1. The molecule has 2 aromatic rings. The normalized spacial score (nSPS) is 13.8. The Balaban J connectivity index is 1.62. The first-order valence-corrected chi connectivity index (χ1v) is 8.52. The molecule has 0 unspecified atom stereocenters. The Kier molecular flexibility index (Phi) is 5.93. The van der Waals surface area contributed by atoms with Gasteiger partial charge in [0.15, 0.2) is 0 Å². The summed E-state index contributed by atoms with van der Waals surface area (Å²) >= 11 is 0. The van der Waals surface area contributed by atoms with Crippen LogP contribution in [0.15, 0.2) is 48.5 Å². The van der Waals surface area contributed by atoms with E-state index in [1.54, 1.807) is 35.2 Å². The summed E-state index contributed by atoms with van der Waals surface area (Å²) in [5.41, 5.74) is 0.936. The van der Waals surface area contributed by atoms with Gasteiger partial charge in [-0.05, 0) is 24.3 Å². The zero-order valence-corrected chi connectivity index (χ0v) is 15.1. The number of para-hydroxylation sites is 2. The summed E-state index contributed by atoms with van der Waals surface area (Å²) in [7, 11) is 1.52. The second-order valence-electron chi connectivity index (χ2n) is 5.98. The predicted octanol–water partition coefficient (Wildman–Crippen LogP) is 3.18. The summed E-state index contributed by atoms with van der Waals surface area (Å²) in [6.07, 6.45) is 0. The quantitative estimate of drug-likeness (QED) is 0.787. The minimum Gasteiger partial charge on any atom is -0.495 e. The van der Waals surface area contributed by atoms with E-state index in [1.807, 2.05) is 0 Å². The number of ether oxygens (including phenoxy) is 2. The molecule has 1 N–H and O–H groups in total. The summed E-state index contributed by atoms with van der Waals surface area (Å²) in [5, 5.41) is 2.58. The maximum Gasteiger partial charge on any atom is 0.387 e. The van der Waals surface area contributed by atoms with E-state index in [2.05, 4.69) is 10.1 Å². The Labute approximate surface area is 160 Å². The van der Waals surface area contributed by atoms with Gasteiger partial charge in [0.1, 0.15) is 18.0 Å². The van der Waals surface area contributed by atoms with Gasteiger partial charge in [-0.15, -0.1) is 0 Å². The molecule has 9 heteroatoms. The molecule has 7 nitrogen and oxygen atoms in total. The van der Waals surface area contributed by atoms with Crippen molar-refractivity contribution in [3.05, 3.63) is 48.5 Å². The second kappa shape index (κ2) is 8.55. The molecular weight excluding hydrogens is 372 g/mol. The number of hydrogen-bond acceptors (Lipinski definition) is 4. The minimum atomic E-state index is -2.95. The van der Waals surface area contributed by atoms with E-state index in [0.29, 0.717) is 30.2 Å². The third-order valence-corrected chi connectivity index (χ3v) is 4.15. The Morgan fingerprint density at radius 3 is 2.71 bits per heavy atom. The topological polar surface area (TPSA) is 71.1 Å². The number of nitrogens with zero attached hydrogens (tertiary/aromatic N) is 2. The van der Waals surface area contributed by atoms with Gasteiger partial charge in [0.2, 0.25) is 5.91 Å². The van der Waals surface area contributed by atoms with Crippen LogP contribution in [0.4, 0.5) is 25.0 Å². The second-order valence-corrected chi connectivity index (χ2v) is 5.98. The minimum absolute atomic E-state index is 0.0626. The molecular formula is C19H19F2N3O4. The number of urea groups is 1. The molecule has 0 aromatic heterocycles. The predicted molar refractivity (Wildman–Crippen MR) is 99.0 cm³/mol. The Morgan fingerprint density at radius 2 is 1.96 bits per heavy atom. The van der Waals surface area contributed by atoms with E-state index >= 15 is 0 Å². The Hall–Kier alpha value is -3.36. The molecule has 1 saturated heterocycles. The number of amides is 3. The van der Waals surface area contributed by atoms with Gasteiger partial charge in [-0.2, -0.15) is 8.78 Å². The number of halogens is 2. The molecule has 0 radical (unpaired) electrons. The van der Waals surface area contributed by atoms with Crippen molar-refractivity contribution >= 4 is 23.3 Å². The van der Waals surface area contributed by atoms with Crippen molar-refractivity contribution in [3.8, 4) is 11.5 Å². The number of alkyl halides is 2. The van der Waals surface area contributed by atoms with Crippen molar-refractivity contribution in [1.82, 2.24) is 4.90 Å². The molecule has 28 heavy (non-hydrogen) atoms. The van der Waals surface area contributed by atoms with Crippen LogP contribution in [0.25, 0.3) is 0 Å². The summed E-state index contributed by atoms with van der Waals surface area (Å²) in [6.45, 7) is -2.32. The highest BCUT2D eigenvalue weighted by molar-refractivity contribution is 6.00. The number of methoxy groups -OCH3 is 1. The first-order valence-electron chi connectivity index (χ1n) is 8.52. The van der Waals surface area contributed by atoms with Crippen LogP contribution in [0.2, 0.25) is 0 Å². The van der Waals surface area contributed by atoms with Gasteiger partial charge in [0.05, 0.1) is 12.8 Å². The monoisotopic (exact) mass is 391 g/mol. The molecule has 0 bridgehead atoms. The smallest absolute Gasteiger partial charge is 0.387 e. The van der Waals surface area contributed by atoms with Crippen LogP contribution in [0.5, 0.6) is 11.5 Å². The van der Waals surface area contributed by atoms with E-state index in [1.165, 1.54) is 30.2 Å². The highest BCUT2D eigenvalue weighted by atomic mass is 19.3. The van der Waals surface area contributed by atoms with Crippen molar-refractivity contribution in [1.29, 1.82) is 0 Å². The van der Waals surface area contributed by atoms with Gasteiger partial charge in [0.25, 0.3) is 0 Å². The van der Waals surface area contributed by atoms with Crippen LogP contribution in [0.3, 0.4) is 0 Å². The van der Waals surface area contributed by atoms with Crippen molar-refractivity contribution < 1.29 is 27.8 Å². The van der Waals surface area contributed by atoms with Crippen LogP contribution in [-0.2, 0) is 4.79 Å². The van der Waals surface area contributed by atoms with E-state index in [9.17, 15) is 18.4 Å². The number of nitrogens with one attached hydrogen (secondary N) is 1. The largest absolute Gasteiger partial charge is 0.495 e. The molecule has 3 amide bonds. The van der Waals surface area contributed by atoms with Crippen LogP contribution in [0.1, 0.15) is 0 Å². The zero-order chi connectivity index (χ0) is 20.1. The zero-order valence-electron chi connectivity index (χ0n) is 15.1. The van der Waals surface area contributed by atoms with Gasteiger partial charge in [-0.1, -0.05) is 18.2 Å². The lowest BCUT2D eigenvalue weighted by molar-refractivity contribution is -0.116. The van der Waals surface area contributed by atoms with Gasteiger partial charge in [-0.25, -0.2) is 4.79 Å². The maximum absolute atomic E-state index is 12.7. The molecule has 0 saturated carbocycles. The average molecular weight is 391 g/mol. The number of carbonyl (C=O) groups is 2. The fraction of sp³-hybridized carbons (Fsp3) is 0.263. The summed E-state index contributed by atoms with van der Waals surface area (Å²) in [4.78, 5) is 27.9. The Morgan fingerprint density at radius 1 is 1.18 bits per heavy atom. The first kappa shape index (κ1) is 19.4. The van der Waals surface area contributed by atoms with Crippen molar-refractivity contribution in [3.63, 3.8) is 0 Å². The molecule has 0 spiro atoms. The lowest BCUT2D eigenvalue weighted by Crippen LogP contribution is -2.37. The molecule has 1 aliphatic rings. The summed E-state index contributed by atoms with van der Waals surface area (Å²) < 4.78 is 34.2. The van der Waals surface area contributed by atoms with Crippen molar-refractivity contribution in [2.75, 3.05) is 37.0 Å². The highest BCUT2D eigenvalue weighted by Gasteiger charge is 2.32.